The summed E-state index contributed by atoms with van der Waals surface area (Å²) >= 11 is 0. The van der Waals surface area contributed by atoms with Crippen molar-refractivity contribution in [1.82, 2.24) is 9.97 Å². The van der Waals surface area contributed by atoms with Crippen molar-refractivity contribution < 1.29 is 4.79 Å². The summed E-state index contributed by atoms with van der Waals surface area (Å²) in [5.41, 5.74) is 8.93. The lowest BCUT2D eigenvalue weighted by Crippen LogP contribution is -2.22. The molecule has 0 aliphatic carbocycles. The zero-order valence-electron chi connectivity index (χ0n) is 15.1. The van der Waals surface area contributed by atoms with E-state index in [1.165, 1.54) is 0 Å². The first-order valence-electron chi connectivity index (χ1n) is 8.89. The van der Waals surface area contributed by atoms with Crippen LogP contribution in [0, 0.1) is 0 Å². The maximum Gasteiger partial charge on any atom is 0.246 e. The number of hydrogen-bond donors (Lipinski definition) is 1. The van der Waals surface area contributed by atoms with Crippen LogP contribution in [0.1, 0.15) is 22.7 Å². The Hall–Kier alpha value is -3.86. The Bertz CT molecular complexity index is 1090. The van der Waals surface area contributed by atoms with Crippen molar-refractivity contribution in [3.8, 4) is 0 Å². The number of rotatable bonds is 5. The highest BCUT2D eigenvalue weighted by molar-refractivity contribution is 6.13. The molecule has 1 unspecified atom stereocenters. The molecule has 0 aliphatic heterocycles. The molecule has 0 saturated heterocycles. The summed E-state index contributed by atoms with van der Waals surface area (Å²) in [6.07, 6.45) is 6.77. The molecular weight excluding hydrogens is 348 g/mol. The fourth-order valence-corrected chi connectivity index (χ4v) is 3.17. The molecule has 2 aromatic heterocycles. The SMILES string of the molecule is NC(=O)C(N=C(c1ccccc1)c1ccccc1)c1cncc2ccncc12. The van der Waals surface area contributed by atoms with Crippen LogP contribution >= 0.6 is 0 Å². The summed E-state index contributed by atoms with van der Waals surface area (Å²) in [4.78, 5) is 25.7. The highest BCUT2D eigenvalue weighted by atomic mass is 16.1. The first-order valence-corrected chi connectivity index (χ1v) is 8.89. The van der Waals surface area contributed by atoms with Gasteiger partial charge in [0, 0.05) is 52.3 Å². The molecule has 28 heavy (non-hydrogen) atoms. The third kappa shape index (κ3) is 3.50. The van der Waals surface area contributed by atoms with Crippen LogP contribution < -0.4 is 5.73 Å². The van der Waals surface area contributed by atoms with Crippen molar-refractivity contribution in [2.24, 2.45) is 10.7 Å². The molecule has 2 aromatic carbocycles. The molecule has 0 bridgehead atoms. The molecule has 5 nitrogen and oxygen atoms in total. The van der Waals surface area contributed by atoms with Crippen LogP contribution in [0.25, 0.3) is 10.8 Å². The number of carbonyl (C=O) groups is 1. The number of nitrogens with zero attached hydrogens (tertiary/aromatic N) is 3. The van der Waals surface area contributed by atoms with Crippen molar-refractivity contribution >= 4 is 22.4 Å². The van der Waals surface area contributed by atoms with E-state index in [1.807, 2.05) is 66.7 Å². The normalized spacial score (nSPS) is 11.7. The van der Waals surface area contributed by atoms with Gasteiger partial charge in [-0.05, 0) is 6.07 Å². The van der Waals surface area contributed by atoms with Gasteiger partial charge in [-0.3, -0.25) is 19.8 Å². The van der Waals surface area contributed by atoms with E-state index in [-0.39, 0.29) is 0 Å². The van der Waals surface area contributed by atoms with Crippen LogP contribution in [0.2, 0.25) is 0 Å². The molecule has 0 spiro atoms. The second kappa shape index (κ2) is 7.80. The van der Waals surface area contributed by atoms with E-state index in [4.69, 9.17) is 10.7 Å². The number of nitrogens with two attached hydrogens (primary N) is 1. The third-order valence-electron chi connectivity index (χ3n) is 4.51. The van der Waals surface area contributed by atoms with Gasteiger partial charge in [0.15, 0.2) is 6.04 Å². The van der Waals surface area contributed by atoms with Crippen LogP contribution in [0.5, 0.6) is 0 Å². The molecule has 0 aliphatic rings. The lowest BCUT2D eigenvalue weighted by molar-refractivity contribution is -0.119. The molecule has 0 fully saturated rings. The molecule has 0 saturated carbocycles. The Morgan fingerprint density at radius 1 is 0.821 bits per heavy atom. The zero-order chi connectivity index (χ0) is 19.3. The Morgan fingerprint density at radius 2 is 1.46 bits per heavy atom. The highest BCUT2D eigenvalue weighted by Gasteiger charge is 2.22. The quantitative estimate of drug-likeness (QED) is 0.547. The summed E-state index contributed by atoms with van der Waals surface area (Å²) < 4.78 is 0. The molecular formula is C23H18N4O. The van der Waals surface area contributed by atoms with E-state index in [0.29, 0.717) is 11.3 Å². The van der Waals surface area contributed by atoms with Crippen LogP contribution in [0.3, 0.4) is 0 Å². The van der Waals surface area contributed by atoms with E-state index < -0.39 is 11.9 Å². The minimum absolute atomic E-state index is 0.539. The van der Waals surface area contributed by atoms with Gasteiger partial charge in [0.05, 0.1) is 5.71 Å². The fraction of sp³-hybridized carbons (Fsp3) is 0.0435. The Balaban J connectivity index is 1.92. The standard InChI is InChI=1S/C23H18N4O/c24-23(28)22(20-15-26-13-18-11-12-25-14-19(18)20)27-21(16-7-3-1-4-8-16)17-9-5-2-6-10-17/h1-15,22H,(H2,24,28). The molecule has 5 heteroatoms. The minimum atomic E-state index is -0.879. The fourth-order valence-electron chi connectivity index (χ4n) is 3.17. The maximum absolute atomic E-state index is 12.4. The van der Waals surface area contributed by atoms with E-state index in [1.54, 1.807) is 24.8 Å². The predicted molar refractivity (Wildman–Crippen MR) is 110 cm³/mol. The number of benzene rings is 2. The molecule has 136 valence electrons. The number of primary amides is 1. The molecule has 4 rings (SSSR count). The van der Waals surface area contributed by atoms with E-state index >= 15 is 0 Å². The Kier molecular flexibility index (Phi) is 4.89. The van der Waals surface area contributed by atoms with Gasteiger partial charge in [-0.1, -0.05) is 60.7 Å². The lowest BCUT2D eigenvalue weighted by atomic mass is 9.99. The van der Waals surface area contributed by atoms with Crippen molar-refractivity contribution in [3.63, 3.8) is 0 Å². The van der Waals surface area contributed by atoms with Crippen molar-refractivity contribution in [2.45, 2.75) is 6.04 Å². The van der Waals surface area contributed by atoms with Gasteiger partial charge in [0.1, 0.15) is 0 Å². The molecule has 1 amide bonds. The average Bonchev–Trinajstić information content (AvgIpc) is 2.75. The molecule has 2 heterocycles. The zero-order valence-corrected chi connectivity index (χ0v) is 15.1. The second-order valence-electron chi connectivity index (χ2n) is 6.34. The molecule has 1 atom stereocenters. The number of pyridine rings is 2. The number of aromatic nitrogens is 2. The summed E-state index contributed by atoms with van der Waals surface area (Å²) in [6.45, 7) is 0. The summed E-state index contributed by atoms with van der Waals surface area (Å²) in [5.74, 6) is -0.539. The number of fused-ring (bicyclic) bond motifs is 1. The molecule has 4 aromatic rings. The maximum atomic E-state index is 12.4. The van der Waals surface area contributed by atoms with Crippen LogP contribution in [0.4, 0.5) is 0 Å². The molecule has 0 radical (unpaired) electrons. The monoisotopic (exact) mass is 366 g/mol. The topological polar surface area (TPSA) is 81.2 Å². The van der Waals surface area contributed by atoms with Crippen molar-refractivity contribution in [2.75, 3.05) is 0 Å². The van der Waals surface area contributed by atoms with E-state index in [0.717, 1.165) is 21.9 Å². The van der Waals surface area contributed by atoms with Gasteiger partial charge in [-0.15, -0.1) is 0 Å². The van der Waals surface area contributed by atoms with Gasteiger partial charge in [0.25, 0.3) is 0 Å². The van der Waals surface area contributed by atoms with Gasteiger partial charge in [-0.25, -0.2) is 0 Å². The number of carbonyl (C=O) groups excluding carboxylic acids is 1. The van der Waals surface area contributed by atoms with E-state index in [2.05, 4.69) is 9.97 Å². The third-order valence-corrected chi connectivity index (χ3v) is 4.51. The minimum Gasteiger partial charge on any atom is -0.368 e. The predicted octanol–water partition coefficient (Wildman–Crippen LogP) is 3.69. The van der Waals surface area contributed by atoms with Crippen molar-refractivity contribution in [3.05, 3.63) is 108 Å². The smallest absolute Gasteiger partial charge is 0.246 e. The second-order valence-corrected chi connectivity index (χ2v) is 6.34. The summed E-state index contributed by atoms with van der Waals surface area (Å²) in [7, 11) is 0. The lowest BCUT2D eigenvalue weighted by Gasteiger charge is -2.15. The van der Waals surface area contributed by atoms with Crippen LogP contribution in [0.15, 0.2) is 96.5 Å². The first kappa shape index (κ1) is 17.5. The Labute approximate surface area is 162 Å². The van der Waals surface area contributed by atoms with Gasteiger partial charge >= 0.3 is 0 Å². The number of hydrogen-bond acceptors (Lipinski definition) is 4. The summed E-state index contributed by atoms with van der Waals surface area (Å²) in [6, 6.07) is 20.5. The first-order chi connectivity index (χ1) is 13.7. The van der Waals surface area contributed by atoms with Crippen molar-refractivity contribution in [1.29, 1.82) is 0 Å². The van der Waals surface area contributed by atoms with Gasteiger partial charge in [-0.2, -0.15) is 0 Å². The number of amides is 1. The highest BCUT2D eigenvalue weighted by Crippen LogP contribution is 2.26. The largest absolute Gasteiger partial charge is 0.368 e. The van der Waals surface area contributed by atoms with E-state index in [9.17, 15) is 4.79 Å². The molecule has 2 N–H and O–H groups in total. The Morgan fingerprint density at radius 3 is 2.07 bits per heavy atom. The average molecular weight is 366 g/mol. The van der Waals surface area contributed by atoms with Crippen LogP contribution in [-0.2, 0) is 4.79 Å². The van der Waals surface area contributed by atoms with Gasteiger partial charge < -0.3 is 5.73 Å². The summed E-state index contributed by atoms with van der Waals surface area (Å²) in [5, 5.41) is 1.69. The van der Waals surface area contributed by atoms with Gasteiger partial charge in [0.2, 0.25) is 5.91 Å². The number of aliphatic imine (C=N–C) groups is 1. The van der Waals surface area contributed by atoms with Crippen LogP contribution in [-0.4, -0.2) is 21.6 Å².